The molecule has 88 valence electrons. The molecule has 0 aliphatic heterocycles. The average Bonchev–Trinajstić information content (AvgIpc) is 2.27. The minimum absolute atomic E-state index is 0.0414. The maximum absolute atomic E-state index is 11.2. The van der Waals surface area contributed by atoms with Gasteiger partial charge in [-0.3, -0.25) is 4.79 Å². The van der Waals surface area contributed by atoms with E-state index in [4.69, 9.17) is 0 Å². The predicted molar refractivity (Wildman–Crippen MR) is 59.5 cm³/mol. The third-order valence-corrected chi connectivity index (χ3v) is 3.04. The van der Waals surface area contributed by atoms with Crippen LogP contribution < -0.4 is 10.6 Å². The lowest BCUT2D eigenvalue weighted by Gasteiger charge is -2.30. The lowest BCUT2D eigenvalue weighted by Crippen LogP contribution is -2.45. The summed E-state index contributed by atoms with van der Waals surface area (Å²) in [5.74, 6) is 0.368. The smallest absolute Gasteiger partial charge is 0.233 e. The first-order valence-electron chi connectivity index (χ1n) is 5.88. The Morgan fingerprint density at radius 3 is 2.80 bits per heavy atom. The maximum Gasteiger partial charge on any atom is 0.233 e. The normalized spacial score (nSPS) is 26.3. The van der Waals surface area contributed by atoms with Crippen LogP contribution in [0.3, 0.4) is 0 Å². The van der Waals surface area contributed by atoms with Gasteiger partial charge in [0.25, 0.3) is 0 Å². The molecule has 0 saturated heterocycles. The summed E-state index contributed by atoms with van der Waals surface area (Å²) in [7, 11) is 0. The van der Waals surface area contributed by atoms with Crippen molar-refractivity contribution in [3.8, 4) is 0 Å². The number of amides is 1. The van der Waals surface area contributed by atoms with Crippen molar-refractivity contribution in [1.29, 1.82) is 0 Å². The molecule has 15 heavy (non-hydrogen) atoms. The molecule has 1 aliphatic carbocycles. The molecule has 2 atom stereocenters. The fourth-order valence-electron chi connectivity index (χ4n) is 2.18. The molecule has 2 unspecified atom stereocenters. The second-order valence-corrected chi connectivity index (χ2v) is 4.17. The molecule has 3 N–H and O–H groups in total. The highest BCUT2D eigenvalue weighted by atomic mass is 16.3. The van der Waals surface area contributed by atoms with Crippen LogP contribution in [0.2, 0.25) is 0 Å². The number of nitrogens with one attached hydrogen (secondary N) is 2. The van der Waals surface area contributed by atoms with Crippen LogP contribution in [0.5, 0.6) is 0 Å². The summed E-state index contributed by atoms with van der Waals surface area (Å²) in [5.41, 5.74) is 0. The summed E-state index contributed by atoms with van der Waals surface area (Å²) < 4.78 is 0. The molecule has 1 aliphatic rings. The largest absolute Gasteiger partial charge is 0.396 e. The molecule has 4 heteroatoms. The Morgan fingerprint density at radius 2 is 2.13 bits per heavy atom. The Morgan fingerprint density at radius 1 is 1.40 bits per heavy atom. The number of aliphatic hydroxyl groups excluding tert-OH is 1. The number of aliphatic hydroxyl groups is 1. The second kappa shape index (κ2) is 6.80. The molecule has 4 nitrogen and oxygen atoms in total. The highest BCUT2D eigenvalue weighted by molar-refractivity contribution is 5.77. The summed E-state index contributed by atoms with van der Waals surface area (Å²) in [4.78, 5) is 11.2. The molecule has 0 aromatic heterocycles. The molecule has 1 fully saturated rings. The van der Waals surface area contributed by atoms with Crippen LogP contribution in [-0.4, -0.2) is 36.8 Å². The van der Waals surface area contributed by atoms with Crippen molar-refractivity contribution < 1.29 is 9.90 Å². The molecule has 1 rings (SSSR count). The van der Waals surface area contributed by atoms with Gasteiger partial charge in [0.15, 0.2) is 0 Å². The van der Waals surface area contributed by atoms with Crippen LogP contribution >= 0.6 is 0 Å². The molecule has 0 aromatic carbocycles. The van der Waals surface area contributed by atoms with Crippen molar-refractivity contribution in [2.24, 2.45) is 5.92 Å². The van der Waals surface area contributed by atoms with Crippen molar-refractivity contribution in [3.63, 3.8) is 0 Å². The highest BCUT2D eigenvalue weighted by Gasteiger charge is 2.24. The van der Waals surface area contributed by atoms with Gasteiger partial charge in [0.1, 0.15) is 0 Å². The lowest BCUT2D eigenvalue weighted by atomic mass is 9.85. The Balaban J connectivity index is 2.26. The van der Waals surface area contributed by atoms with E-state index in [1.54, 1.807) is 0 Å². The predicted octanol–water partition coefficient (Wildman–Crippen LogP) is 0.263. The average molecular weight is 214 g/mol. The number of hydrogen-bond acceptors (Lipinski definition) is 3. The zero-order chi connectivity index (χ0) is 11.1. The van der Waals surface area contributed by atoms with Crippen LogP contribution in [0.1, 0.15) is 32.6 Å². The Labute approximate surface area is 91.4 Å². The molecule has 0 aromatic rings. The molecule has 0 heterocycles. The van der Waals surface area contributed by atoms with Crippen LogP contribution in [-0.2, 0) is 4.79 Å². The van der Waals surface area contributed by atoms with E-state index in [9.17, 15) is 9.90 Å². The Bertz CT molecular complexity index is 197. The van der Waals surface area contributed by atoms with Crippen LogP contribution in [0.25, 0.3) is 0 Å². The number of hydrogen-bond donors (Lipinski definition) is 3. The number of rotatable bonds is 5. The van der Waals surface area contributed by atoms with Gasteiger partial charge in [-0.25, -0.2) is 0 Å². The van der Waals surface area contributed by atoms with E-state index in [0.29, 0.717) is 25.0 Å². The zero-order valence-electron chi connectivity index (χ0n) is 9.46. The zero-order valence-corrected chi connectivity index (χ0v) is 9.46. The first-order chi connectivity index (χ1) is 7.27. The highest BCUT2D eigenvalue weighted by Crippen LogP contribution is 2.23. The van der Waals surface area contributed by atoms with Gasteiger partial charge in [-0.1, -0.05) is 12.8 Å². The van der Waals surface area contributed by atoms with E-state index >= 15 is 0 Å². The van der Waals surface area contributed by atoms with Gasteiger partial charge in [0, 0.05) is 19.2 Å². The Hall–Kier alpha value is -0.610. The minimum Gasteiger partial charge on any atom is -0.396 e. The molecular weight excluding hydrogens is 192 g/mol. The van der Waals surface area contributed by atoms with E-state index < -0.39 is 0 Å². The van der Waals surface area contributed by atoms with Crippen molar-refractivity contribution in [2.75, 3.05) is 19.7 Å². The van der Waals surface area contributed by atoms with E-state index in [2.05, 4.69) is 10.6 Å². The maximum atomic E-state index is 11.2. The first kappa shape index (κ1) is 12.5. The lowest BCUT2D eigenvalue weighted by molar-refractivity contribution is -0.120. The third kappa shape index (κ3) is 4.18. The SMILES string of the molecule is CCNC(=O)CNC1CCCCC1CO. The summed E-state index contributed by atoms with van der Waals surface area (Å²) >= 11 is 0. The van der Waals surface area contributed by atoms with Gasteiger partial charge in [-0.15, -0.1) is 0 Å². The van der Waals surface area contributed by atoms with Gasteiger partial charge < -0.3 is 15.7 Å². The topological polar surface area (TPSA) is 61.4 Å². The number of carbonyl (C=O) groups excluding carboxylic acids is 1. The van der Waals surface area contributed by atoms with Crippen LogP contribution in [0.15, 0.2) is 0 Å². The summed E-state index contributed by atoms with van der Waals surface area (Å²) in [6.45, 7) is 3.19. The number of likely N-dealkylation sites (N-methyl/N-ethyl adjacent to an activating group) is 1. The molecule has 1 amide bonds. The van der Waals surface area contributed by atoms with Crippen LogP contribution in [0, 0.1) is 5.92 Å². The monoisotopic (exact) mass is 214 g/mol. The summed E-state index contributed by atoms with van der Waals surface area (Å²) in [6, 6.07) is 0.311. The molecule has 0 bridgehead atoms. The first-order valence-corrected chi connectivity index (χ1v) is 5.88. The van der Waals surface area contributed by atoms with Gasteiger partial charge in [0.2, 0.25) is 5.91 Å². The van der Waals surface area contributed by atoms with Crippen LogP contribution in [0.4, 0.5) is 0 Å². The number of carbonyl (C=O) groups is 1. The van der Waals surface area contributed by atoms with Gasteiger partial charge in [-0.05, 0) is 25.7 Å². The molecule has 1 saturated carbocycles. The molecule has 0 spiro atoms. The van der Waals surface area contributed by atoms with E-state index in [0.717, 1.165) is 12.8 Å². The van der Waals surface area contributed by atoms with Crippen molar-refractivity contribution in [3.05, 3.63) is 0 Å². The van der Waals surface area contributed by atoms with E-state index in [1.807, 2.05) is 6.92 Å². The fraction of sp³-hybridized carbons (Fsp3) is 0.909. The standard InChI is InChI=1S/C11H22N2O2/c1-2-12-11(15)7-13-10-6-4-3-5-9(10)8-14/h9-10,13-14H,2-8H2,1H3,(H,12,15). The van der Waals surface area contributed by atoms with Gasteiger partial charge >= 0.3 is 0 Å². The minimum atomic E-state index is 0.0414. The van der Waals surface area contributed by atoms with Crippen molar-refractivity contribution in [2.45, 2.75) is 38.6 Å². The molecular formula is C11H22N2O2. The fourth-order valence-corrected chi connectivity index (χ4v) is 2.18. The van der Waals surface area contributed by atoms with Gasteiger partial charge in [0.05, 0.1) is 6.54 Å². The van der Waals surface area contributed by atoms with Gasteiger partial charge in [-0.2, -0.15) is 0 Å². The van der Waals surface area contributed by atoms with E-state index in [-0.39, 0.29) is 12.5 Å². The Kier molecular flexibility index (Phi) is 5.65. The second-order valence-electron chi connectivity index (χ2n) is 4.17. The third-order valence-electron chi connectivity index (χ3n) is 3.04. The molecule has 0 radical (unpaired) electrons. The summed E-state index contributed by atoms with van der Waals surface area (Å²) in [6.07, 6.45) is 4.54. The summed E-state index contributed by atoms with van der Waals surface area (Å²) in [5, 5.41) is 15.2. The van der Waals surface area contributed by atoms with Crippen molar-refractivity contribution in [1.82, 2.24) is 10.6 Å². The van der Waals surface area contributed by atoms with Crippen molar-refractivity contribution >= 4 is 5.91 Å². The quantitative estimate of drug-likeness (QED) is 0.615. The van der Waals surface area contributed by atoms with E-state index in [1.165, 1.54) is 12.8 Å².